The average molecular weight is 242 g/mol. The number of ether oxygens (including phenoxy) is 1. The zero-order chi connectivity index (χ0) is 12.8. The monoisotopic (exact) mass is 242 g/mol. The van der Waals surface area contributed by atoms with Crippen LogP contribution in [-0.2, 0) is 6.54 Å². The Kier molecular flexibility index (Phi) is 3.91. The molecule has 0 aliphatic heterocycles. The van der Waals surface area contributed by atoms with Crippen LogP contribution >= 0.6 is 0 Å². The lowest BCUT2D eigenvalue weighted by Crippen LogP contribution is -2.23. The third-order valence-electron chi connectivity index (χ3n) is 2.52. The van der Waals surface area contributed by atoms with Crippen LogP contribution in [0, 0.1) is 0 Å². The van der Waals surface area contributed by atoms with Crippen molar-refractivity contribution in [3.63, 3.8) is 0 Å². The molecule has 0 atom stereocenters. The van der Waals surface area contributed by atoms with Gasteiger partial charge >= 0.3 is 0 Å². The summed E-state index contributed by atoms with van der Waals surface area (Å²) in [6.45, 7) is 0.394. The first kappa shape index (κ1) is 12.1. The summed E-state index contributed by atoms with van der Waals surface area (Å²) in [6, 6.07) is 12.8. The molecule has 2 aromatic rings. The summed E-state index contributed by atoms with van der Waals surface area (Å²) in [7, 11) is 1.56. The van der Waals surface area contributed by atoms with Gasteiger partial charge in [0.05, 0.1) is 7.11 Å². The maximum atomic E-state index is 11.8. The van der Waals surface area contributed by atoms with Crippen molar-refractivity contribution in [3.8, 4) is 5.88 Å². The van der Waals surface area contributed by atoms with Crippen LogP contribution in [0.25, 0.3) is 0 Å². The van der Waals surface area contributed by atoms with Crippen molar-refractivity contribution in [2.24, 2.45) is 0 Å². The Hall–Kier alpha value is -2.36. The second-order valence-electron chi connectivity index (χ2n) is 3.72. The van der Waals surface area contributed by atoms with Crippen molar-refractivity contribution < 1.29 is 9.53 Å². The van der Waals surface area contributed by atoms with Crippen LogP contribution in [0.5, 0.6) is 5.88 Å². The predicted molar refractivity (Wildman–Crippen MR) is 68.4 cm³/mol. The number of aromatic nitrogens is 1. The number of benzene rings is 1. The standard InChI is InChI=1S/C14H14N2O2/c1-18-14-12(8-5-9-15-14)10-16-13(17)11-6-3-2-4-7-11/h2-9H,10H2,1H3,(H,16,17). The highest BCUT2D eigenvalue weighted by molar-refractivity contribution is 5.94. The Morgan fingerprint density at radius 3 is 2.72 bits per heavy atom. The number of hydrogen-bond donors (Lipinski definition) is 1. The molecule has 1 aromatic heterocycles. The molecule has 0 radical (unpaired) electrons. The van der Waals surface area contributed by atoms with Crippen molar-refractivity contribution in [1.82, 2.24) is 10.3 Å². The zero-order valence-electron chi connectivity index (χ0n) is 10.1. The quantitative estimate of drug-likeness (QED) is 0.892. The predicted octanol–water partition coefficient (Wildman–Crippen LogP) is 2.02. The Labute approximate surface area is 106 Å². The van der Waals surface area contributed by atoms with Gasteiger partial charge in [0.15, 0.2) is 0 Å². The fourth-order valence-electron chi connectivity index (χ4n) is 1.61. The SMILES string of the molecule is COc1ncccc1CNC(=O)c1ccccc1. The molecule has 92 valence electrons. The first-order valence-electron chi connectivity index (χ1n) is 5.62. The Morgan fingerprint density at radius 1 is 1.22 bits per heavy atom. The second-order valence-corrected chi connectivity index (χ2v) is 3.72. The van der Waals surface area contributed by atoms with E-state index in [9.17, 15) is 4.79 Å². The smallest absolute Gasteiger partial charge is 0.251 e. The number of hydrogen-bond acceptors (Lipinski definition) is 3. The molecule has 0 unspecified atom stereocenters. The first-order chi connectivity index (χ1) is 8.81. The molecule has 0 saturated heterocycles. The lowest BCUT2D eigenvalue weighted by atomic mass is 10.2. The Morgan fingerprint density at radius 2 is 2.00 bits per heavy atom. The van der Waals surface area contributed by atoms with Crippen molar-refractivity contribution in [2.45, 2.75) is 6.54 Å². The van der Waals surface area contributed by atoms with E-state index < -0.39 is 0 Å². The van der Waals surface area contributed by atoms with E-state index in [4.69, 9.17) is 4.74 Å². The van der Waals surface area contributed by atoms with E-state index in [2.05, 4.69) is 10.3 Å². The molecular formula is C14H14N2O2. The summed E-state index contributed by atoms with van der Waals surface area (Å²) >= 11 is 0. The van der Waals surface area contributed by atoms with E-state index in [1.54, 1.807) is 25.4 Å². The van der Waals surface area contributed by atoms with Crippen LogP contribution in [-0.4, -0.2) is 18.0 Å². The average Bonchev–Trinajstić information content (AvgIpc) is 2.46. The fraction of sp³-hybridized carbons (Fsp3) is 0.143. The highest BCUT2D eigenvalue weighted by Gasteiger charge is 2.07. The van der Waals surface area contributed by atoms with Gasteiger partial charge in [-0.05, 0) is 18.2 Å². The lowest BCUT2D eigenvalue weighted by molar-refractivity contribution is 0.0950. The van der Waals surface area contributed by atoms with E-state index in [0.29, 0.717) is 18.0 Å². The van der Waals surface area contributed by atoms with Gasteiger partial charge in [0.1, 0.15) is 0 Å². The molecule has 1 amide bonds. The van der Waals surface area contributed by atoms with E-state index in [1.807, 2.05) is 30.3 Å². The van der Waals surface area contributed by atoms with Crippen molar-refractivity contribution in [1.29, 1.82) is 0 Å². The molecule has 1 heterocycles. The summed E-state index contributed by atoms with van der Waals surface area (Å²) in [5.41, 5.74) is 1.49. The van der Waals surface area contributed by atoms with Gasteiger partial charge in [-0.3, -0.25) is 4.79 Å². The number of nitrogens with one attached hydrogen (secondary N) is 1. The molecule has 2 rings (SSSR count). The van der Waals surface area contributed by atoms with Gasteiger partial charge in [-0.2, -0.15) is 0 Å². The molecule has 4 nitrogen and oxygen atoms in total. The number of pyridine rings is 1. The minimum atomic E-state index is -0.110. The van der Waals surface area contributed by atoms with Gasteiger partial charge in [-0.25, -0.2) is 4.98 Å². The molecular weight excluding hydrogens is 228 g/mol. The first-order valence-corrected chi connectivity index (χ1v) is 5.62. The number of amides is 1. The van der Waals surface area contributed by atoms with E-state index >= 15 is 0 Å². The molecule has 0 aliphatic rings. The lowest BCUT2D eigenvalue weighted by Gasteiger charge is -2.08. The zero-order valence-corrected chi connectivity index (χ0v) is 10.1. The van der Waals surface area contributed by atoms with Crippen molar-refractivity contribution in [3.05, 3.63) is 59.8 Å². The van der Waals surface area contributed by atoms with E-state index in [1.165, 1.54) is 0 Å². The Balaban J connectivity index is 2.02. The molecule has 0 spiro atoms. The molecule has 0 aliphatic carbocycles. The summed E-state index contributed by atoms with van der Waals surface area (Å²) < 4.78 is 5.12. The molecule has 0 saturated carbocycles. The molecule has 0 bridgehead atoms. The maximum Gasteiger partial charge on any atom is 0.251 e. The minimum Gasteiger partial charge on any atom is -0.481 e. The fourth-order valence-corrected chi connectivity index (χ4v) is 1.61. The van der Waals surface area contributed by atoms with Crippen molar-refractivity contribution in [2.75, 3.05) is 7.11 Å². The van der Waals surface area contributed by atoms with Crippen LogP contribution in [0.15, 0.2) is 48.7 Å². The van der Waals surface area contributed by atoms with Gasteiger partial charge in [-0.1, -0.05) is 24.3 Å². The number of nitrogens with zero attached hydrogens (tertiary/aromatic N) is 1. The molecule has 1 N–H and O–H groups in total. The summed E-state index contributed by atoms with van der Waals surface area (Å²) in [4.78, 5) is 15.9. The minimum absolute atomic E-state index is 0.110. The number of carbonyl (C=O) groups is 1. The molecule has 4 heteroatoms. The topological polar surface area (TPSA) is 51.2 Å². The van der Waals surface area contributed by atoms with Crippen molar-refractivity contribution >= 4 is 5.91 Å². The van der Waals surface area contributed by atoms with Crippen LogP contribution in [0.2, 0.25) is 0 Å². The normalized spacial score (nSPS) is 9.83. The van der Waals surface area contributed by atoms with E-state index in [-0.39, 0.29) is 5.91 Å². The van der Waals surface area contributed by atoms with Crippen LogP contribution in [0.1, 0.15) is 15.9 Å². The number of rotatable bonds is 4. The maximum absolute atomic E-state index is 11.8. The van der Waals surface area contributed by atoms with Crippen LogP contribution in [0.4, 0.5) is 0 Å². The largest absolute Gasteiger partial charge is 0.481 e. The van der Waals surface area contributed by atoms with Gasteiger partial charge in [-0.15, -0.1) is 0 Å². The van der Waals surface area contributed by atoms with Crippen LogP contribution < -0.4 is 10.1 Å². The molecule has 1 aromatic carbocycles. The summed E-state index contributed by atoms with van der Waals surface area (Å²) in [5, 5.41) is 2.83. The molecule has 18 heavy (non-hydrogen) atoms. The summed E-state index contributed by atoms with van der Waals surface area (Å²) in [5.74, 6) is 0.423. The number of carbonyl (C=O) groups excluding carboxylic acids is 1. The van der Waals surface area contributed by atoms with E-state index in [0.717, 1.165) is 5.56 Å². The Bertz CT molecular complexity index is 526. The van der Waals surface area contributed by atoms with Gasteiger partial charge in [0.25, 0.3) is 5.91 Å². The van der Waals surface area contributed by atoms with Crippen LogP contribution in [0.3, 0.4) is 0 Å². The molecule has 0 fully saturated rings. The highest BCUT2D eigenvalue weighted by atomic mass is 16.5. The number of methoxy groups -OCH3 is 1. The van der Waals surface area contributed by atoms with Gasteiger partial charge in [0, 0.05) is 23.9 Å². The summed E-state index contributed by atoms with van der Waals surface area (Å²) in [6.07, 6.45) is 1.65. The van der Waals surface area contributed by atoms with Gasteiger partial charge in [0.2, 0.25) is 5.88 Å². The second kappa shape index (κ2) is 5.82. The highest BCUT2D eigenvalue weighted by Crippen LogP contribution is 2.13. The van der Waals surface area contributed by atoms with Gasteiger partial charge < -0.3 is 10.1 Å². The third kappa shape index (κ3) is 2.85. The third-order valence-corrected chi connectivity index (χ3v) is 2.52.